The van der Waals surface area contributed by atoms with Gasteiger partial charge < -0.3 is 5.11 Å². The van der Waals surface area contributed by atoms with Gasteiger partial charge in [0.05, 0.1) is 5.92 Å². The number of rotatable bonds is 5. The summed E-state index contributed by atoms with van der Waals surface area (Å²) in [6.07, 6.45) is 3.22. The quantitative estimate of drug-likeness (QED) is 0.761. The van der Waals surface area contributed by atoms with Gasteiger partial charge in [-0.05, 0) is 38.6 Å². The predicted octanol–water partition coefficient (Wildman–Crippen LogP) is 2.22. The minimum Gasteiger partial charge on any atom is -0.481 e. The SMILES string of the molecule is CC(C)CC(CN1CCCC1C)C(=O)O. The number of carboxylic acids is 1. The first-order valence-corrected chi connectivity index (χ1v) is 5.97. The van der Waals surface area contributed by atoms with Crippen LogP contribution in [0.15, 0.2) is 0 Å². The van der Waals surface area contributed by atoms with Crippen LogP contribution < -0.4 is 0 Å². The van der Waals surface area contributed by atoms with Gasteiger partial charge in [0.2, 0.25) is 0 Å². The number of hydrogen-bond donors (Lipinski definition) is 1. The predicted molar refractivity (Wildman–Crippen MR) is 60.8 cm³/mol. The first-order chi connectivity index (χ1) is 7.00. The molecule has 0 aromatic rings. The fourth-order valence-electron chi connectivity index (χ4n) is 2.37. The first-order valence-electron chi connectivity index (χ1n) is 5.97. The van der Waals surface area contributed by atoms with E-state index >= 15 is 0 Å². The molecule has 15 heavy (non-hydrogen) atoms. The Balaban J connectivity index is 2.46. The van der Waals surface area contributed by atoms with Gasteiger partial charge in [0.1, 0.15) is 0 Å². The third-order valence-corrected chi connectivity index (χ3v) is 3.25. The molecule has 0 spiro atoms. The molecule has 1 aliphatic heterocycles. The minimum absolute atomic E-state index is 0.189. The van der Waals surface area contributed by atoms with Crippen LogP contribution in [0.5, 0.6) is 0 Å². The van der Waals surface area contributed by atoms with Crippen LogP contribution in [-0.4, -0.2) is 35.1 Å². The van der Waals surface area contributed by atoms with Crippen LogP contribution in [0, 0.1) is 11.8 Å². The lowest BCUT2D eigenvalue weighted by Gasteiger charge is -2.25. The molecular weight excluding hydrogens is 190 g/mol. The number of carboxylic acid groups (broad SMARTS) is 1. The van der Waals surface area contributed by atoms with E-state index in [-0.39, 0.29) is 5.92 Å². The van der Waals surface area contributed by atoms with Crippen molar-refractivity contribution in [2.24, 2.45) is 11.8 Å². The Labute approximate surface area is 92.5 Å². The monoisotopic (exact) mass is 213 g/mol. The summed E-state index contributed by atoms with van der Waals surface area (Å²) in [5.41, 5.74) is 0. The van der Waals surface area contributed by atoms with Gasteiger partial charge >= 0.3 is 5.97 Å². The lowest BCUT2D eigenvalue weighted by molar-refractivity contribution is -0.143. The van der Waals surface area contributed by atoms with Crippen molar-refractivity contribution in [2.75, 3.05) is 13.1 Å². The number of nitrogens with zero attached hydrogens (tertiary/aromatic N) is 1. The van der Waals surface area contributed by atoms with Gasteiger partial charge in [-0.1, -0.05) is 13.8 Å². The van der Waals surface area contributed by atoms with E-state index in [2.05, 4.69) is 25.7 Å². The van der Waals surface area contributed by atoms with Gasteiger partial charge in [0.25, 0.3) is 0 Å². The molecule has 0 aromatic heterocycles. The van der Waals surface area contributed by atoms with Gasteiger partial charge in [-0.2, -0.15) is 0 Å². The van der Waals surface area contributed by atoms with Crippen LogP contribution in [0.3, 0.4) is 0 Å². The van der Waals surface area contributed by atoms with Crippen LogP contribution in [0.25, 0.3) is 0 Å². The minimum atomic E-state index is -0.636. The molecule has 0 saturated carbocycles. The Morgan fingerprint density at radius 2 is 2.20 bits per heavy atom. The van der Waals surface area contributed by atoms with Crippen LogP contribution in [0.1, 0.15) is 40.0 Å². The molecule has 1 heterocycles. The van der Waals surface area contributed by atoms with Crippen molar-refractivity contribution in [1.82, 2.24) is 4.90 Å². The van der Waals surface area contributed by atoms with Crippen LogP contribution in [0.4, 0.5) is 0 Å². The fourth-order valence-corrected chi connectivity index (χ4v) is 2.37. The first kappa shape index (κ1) is 12.5. The average molecular weight is 213 g/mol. The second-order valence-electron chi connectivity index (χ2n) is 5.15. The van der Waals surface area contributed by atoms with Crippen molar-refractivity contribution in [3.05, 3.63) is 0 Å². The highest BCUT2D eigenvalue weighted by atomic mass is 16.4. The number of likely N-dealkylation sites (tertiary alicyclic amines) is 1. The summed E-state index contributed by atoms with van der Waals surface area (Å²) in [5, 5.41) is 9.14. The van der Waals surface area contributed by atoms with E-state index in [1.165, 1.54) is 12.8 Å². The molecule has 1 N–H and O–H groups in total. The zero-order chi connectivity index (χ0) is 11.4. The number of carbonyl (C=O) groups is 1. The maximum atomic E-state index is 11.1. The Hall–Kier alpha value is -0.570. The molecule has 2 atom stereocenters. The highest BCUT2D eigenvalue weighted by Crippen LogP contribution is 2.21. The standard InChI is InChI=1S/C12H23NO2/c1-9(2)7-11(12(14)15)8-13-6-4-5-10(13)3/h9-11H,4-8H2,1-3H3,(H,14,15). The summed E-state index contributed by atoms with van der Waals surface area (Å²) in [5.74, 6) is -0.364. The zero-order valence-corrected chi connectivity index (χ0v) is 10.1. The highest BCUT2D eigenvalue weighted by Gasteiger charge is 2.27. The Bertz CT molecular complexity index is 216. The van der Waals surface area contributed by atoms with E-state index in [1.54, 1.807) is 0 Å². The number of aliphatic carboxylic acids is 1. The third kappa shape index (κ3) is 3.82. The van der Waals surface area contributed by atoms with Gasteiger partial charge in [-0.15, -0.1) is 0 Å². The molecule has 0 aromatic carbocycles. The molecule has 0 amide bonds. The van der Waals surface area contributed by atoms with Crippen molar-refractivity contribution in [1.29, 1.82) is 0 Å². The maximum Gasteiger partial charge on any atom is 0.307 e. The van der Waals surface area contributed by atoms with E-state index in [1.807, 2.05) is 0 Å². The largest absolute Gasteiger partial charge is 0.481 e. The van der Waals surface area contributed by atoms with Gasteiger partial charge in [-0.3, -0.25) is 9.69 Å². The molecule has 1 fully saturated rings. The van der Waals surface area contributed by atoms with E-state index in [0.717, 1.165) is 19.5 Å². The van der Waals surface area contributed by atoms with Crippen molar-refractivity contribution in [3.8, 4) is 0 Å². The Kier molecular flexibility index (Phi) is 4.58. The topological polar surface area (TPSA) is 40.5 Å². The lowest BCUT2D eigenvalue weighted by Crippen LogP contribution is -2.35. The number of hydrogen-bond acceptors (Lipinski definition) is 2. The molecule has 3 nitrogen and oxygen atoms in total. The molecule has 3 heteroatoms. The lowest BCUT2D eigenvalue weighted by atomic mass is 9.96. The summed E-state index contributed by atoms with van der Waals surface area (Å²) in [6, 6.07) is 0.569. The van der Waals surface area contributed by atoms with E-state index in [4.69, 9.17) is 5.11 Å². The van der Waals surface area contributed by atoms with Crippen LogP contribution in [0.2, 0.25) is 0 Å². The van der Waals surface area contributed by atoms with Crippen LogP contribution >= 0.6 is 0 Å². The second-order valence-corrected chi connectivity index (χ2v) is 5.15. The van der Waals surface area contributed by atoms with Gasteiger partial charge in [0.15, 0.2) is 0 Å². The van der Waals surface area contributed by atoms with E-state index in [0.29, 0.717) is 12.0 Å². The highest BCUT2D eigenvalue weighted by molar-refractivity contribution is 5.70. The normalized spacial score (nSPS) is 24.7. The van der Waals surface area contributed by atoms with Crippen molar-refractivity contribution in [2.45, 2.75) is 46.1 Å². The zero-order valence-electron chi connectivity index (χ0n) is 10.1. The van der Waals surface area contributed by atoms with E-state index in [9.17, 15) is 4.79 Å². The van der Waals surface area contributed by atoms with Crippen molar-refractivity contribution < 1.29 is 9.90 Å². The Morgan fingerprint density at radius 1 is 1.53 bits per heavy atom. The molecule has 0 radical (unpaired) electrons. The van der Waals surface area contributed by atoms with Crippen LogP contribution in [-0.2, 0) is 4.79 Å². The summed E-state index contributed by atoms with van der Waals surface area (Å²) < 4.78 is 0. The summed E-state index contributed by atoms with van der Waals surface area (Å²) in [4.78, 5) is 13.4. The third-order valence-electron chi connectivity index (χ3n) is 3.25. The molecule has 1 aliphatic rings. The van der Waals surface area contributed by atoms with E-state index < -0.39 is 5.97 Å². The molecule has 0 aliphatic carbocycles. The fraction of sp³-hybridized carbons (Fsp3) is 0.917. The molecule has 88 valence electrons. The molecular formula is C12H23NO2. The summed E-state index contributed by atoms with van der Waals surface area (Å²) in [6.45, 7) is 8.17. The van der Waals surface area contributed by atoms with Gasteiger partial charge in [0, 0.05) is 12.6 Å². The second kappa shape index (κ2) is 5.50. The molecule has 2 unspecified atom stereocenters. The Morgan fingerprint density at radius 3 is 2.60 bits per heavy atom. The molecule has 1 rings (SSSR count). The average Bonchev–Trinajstić information content (AvgIpc) is 2.50. The molecule has 1 saturated heterocycles. The molecule has 0 bridgehead atoms. The summed E-state index contributed by atoms with van der Waals surface area (Å²) in [7, 11) is 0. The van der Waals surface area contributed by atoms with Crippen molar-refractivity contribution in [3.63, 3.8) is 0 Å². The van der Waals surface area contributed by atoms with Gasteiger partial charge in [-0.25, -0.2) is 0 Å². The smallest absolute Gasteiger partial charge is 0.307 e. The van der Waals surface area contributed by atoms with Crippen molar-refractivity contribution >= 4 is 5.97 Å². The summed E-state index contributed by atoms with van der Waals surface area (Å²) >= 11 is 0. The maximum absolute atomic E-state index is 11.1.